The van der Waals surface area contributed by atoms with Crippen molar-refractivity contribution in [2.75, 3.05) is 17.8 Å². The van der Waals surface area contributed by atoms with E-state index in [2.05, 4.69) is 0 Å². The smallest absolute Gasteiger partial charge is 0.311 e. The first-order valence-corrected chi connectivity index (χ1v) is 17.2. The minimum Gasteiger partial charge on any atom is -0.388 e. The molecule has 2 aliphatic rings. The van der Waals surface area contributed by atoms with Gasteiger partial charge in [-0.2, -0.15) is 8.42 Å². The van der Waals surface area contributed by atoms with Gasteiger partial charge in [0, 0.05) is 12.8 Å². The number of anilines is 1. The summed E-state index contributed by atoms with van der Waals surface area (Å²) in [4.78, 5) is 15.1. The maximum atomic E-state index is 13.4. The zero-order valence-electron chi connectivity index (χ0n) is 26.3. The standard InChI is InChI=1S/C36H36FNO10S/c1-46-36-34(42)33(41)32(40)30(47-36)20-49(44,45)48-27-17-13-22(14-18-27)21-7-9-24(10-8-21)31-28(19-29(39)23-11-15-25(37)16-12-23)35(43)38(31)26-5-3-2-4-6-26/h2-18,28-34,36,39-42H,19-20H2,1H3. The average molecular weight is 694 g/mol. The van der Waals surface area contributed by atoms with Crippen LogP contribution in [0.1, 0.15) is 29.7 Å². The number of hydrogen-bond acceptors (Lipinski definition) is 10. The molecule has 0 aliphatic carbocycles. The molecule has 2 fully saturated rings. The molecular formula is C36H36FNO10S. The van der Waals surface area contributed by atoms with Gasteiger partial charge in [0.2, 0.25) is 5.91 Å². The first-order valence-electron chi connectivity index (χ1n) is 15.6. The molecule has 2 heterocycles. The SMILES string of the molecule is COC1OC(CS(=O)(=O)Oc2ccc(-c3ccc(C4C(CC(O)c5ccc(F)cc5)C(=O)N4c4ccccc4)cc3)cc2)C(O)C(O)C1O. The predicted molar refractivity (Wildman–Crippen MR) is 176 cm³/mol. The zero-order chi connectivity index (χ0) is 34.9. The van der Waals surface area contributed by atoms with Crippen molar-refractivity contribution in [3.05, 3.63) is 120 Å². The minimum atomic E-state index is -4.30. The monoisotopic (exact) mass is 693 g/mol. The highest BCUT2D eigenvalue weighted by Crippen LogP contribution is 2.47. The molecule has 49 heavy (non-hydrogen) atoms. The molecule has 0 bridgehead atoms. The number of halogens is 1. The lowest BCUT2D eigenvalue weighted by Gasteiger charge is -2.48. The predicted octanol–water partition coefficient (Wildman–Crippen LogP) is 3.48. The van der Waals surface area contributed by atoms with E-state index in [0.717, 1.165) is 22.4 Å². The molecule has 1 amide bonds. The van der Waals surface area contributed by atoms with Crippen LogP contribution in [-0.2, 0) is 24.4 Å². The van der Waals surface area contributed by atoms with E-state index in [-0.39, 0.29) is 24.1 Å². The molecule has 8 atom stereocenters. The molecule has 11 nitrogen and oxygen atoms in total. The molecule has 4 aromatic carbocycles. The van der Waals surface area contributed by atoms with E-state index in [9.17, 15) is 38.0 Å². The summed E-state index contributed by atoms with van der Waals surface area (Å²) in [6.45, 7) is 0. The third-order valence-corrected chi connectivity index (χ3v) is 10.1. The molecule has 0 spiro atoms. The van der Waals surface area contributed by atoms with Crippen LogP contribution in [0.5, 0.6) is 5.75 Å². The second-order valence-electron chi connectivity index (χ2n) is 12.1. The van der Waals surface area contributed by atoms with Crippen LogP contribution in [0.4, 0.5) is 10.1 Å². The van der Waals surface area contributed by atoms with Gasteiger partial charge in [0.1, 0.15) is 41.7 Å². The van der Waals surface area contributed by atoms with Gasteiger partial charge in [-0.3, -0.25) is 4.79 Å². The number of hydrogen-bond donors (Lipinski definition) is 4. The Kier molecular flexibility index (Phi) is 10.1. The molecule has 2 aliphatic heterocycles. The van der Waals surface area contributed by atoms with Crippen molar-refractivity contribution in [3.63, 3.8) is 0 Å². The Bertz CT molecular complexity index is 1840. The third kappa shape index (κ3) is 7.38. The quantitative estimate of drug-likeness (QED) is 0.135. The Hall–Kier alpha value is -4.21. The van der Waals surface area contributed by atoms with E-state index in [0.29, 0.717) is 5.56 Å². The van der Waals surface area contributed by atoms with E-state index in [1.54, 1.807) is 17.0 Å². The molecule has 2 saturated heterocycles. The highest BCUT2D eigenvalue weighted by molar-refractivity contribution is 7.87. The van der Waals surface area contributed by atoms with Gasteiger partial charge in [-0.25, -0.2) is 4.39 Å². The summed E-state index contributed by atoms with van der Waals surface area (Å²) < 4.78 is 54.4. The van der Waals surface area contributed by atoms with E-state index >= 15 is 0 Å². The fourth-order valence-electron chi connectivity index (χ4n) is 6.30. The minimum absolute atomic E-state index is 0.0172. The highest BCUT2D eigenvalue weighted by atomic mass is 32.2. The Labute approximate surface area is 282 Å². The number of para-hydroxylation sites is 1. The van der Waals surface area contributed by atoms with Crippen LogP contribution in [0.2, 0.25) is 0 Å². The van der Waals surface area contributed by atoms with Crippen LogP contribution < -0.4 is 9.08 Å². The number of amides is 1. The number of carbonyl (C=O) groups is 1. The molecule has 0 radical (unpaired) electrons. The van der Waals surface area contributed by atoms with Crippen molar-refractivity contribution >= 4 is 21.7 Å². The number of aliphatic hydroxyl groups excluding tert-OH is 4. The summed E-state index contributed by atoms with van der Waals surface area (Å²) in [7, 11) is -3.08. The van der Waals surface area contributed by atoms with E-state index in [1.165, 1.54) is 43.5 Å². The van der Waals surface area contributed by atoms with Crippen LogP contribution in [0.15, 0.2) is 103 Å². The highest BCUT2D eigenvalue weighted by Gasteiger charge is 2.49. The fourth-order valence-corrected chi connectivity index (χ4v) is 7.45. The Balaban J connectivity index is 1.15. The van der Waals surface area contributed by atoms with Gasteiger partial charge in [0.05, 0.1) is 18.1 Å². The first-order chi connectivity index (χ1) is 23.5. The van der Waals surface area contributed by atoms with E-state index in [1.807, 2.05) is 54.6 Å². The maximum absolute atomic E-state index is 13.4. The number of aliphatic hydroxyl groups is 4. The average Bonchev–Trinajstić information content (AvgIpc) is 3.10. The van der Waals surface area contributed by atoms with Gasteiger partial charge in [0.15, 0.2) is 6.29 Å². The topological polar surface area (TPSA) is 163 Å². The van der Waals surface area contributed by atoms with Gasteiger partial charge < -0.3 is 39.0 Å². The second-order valence-corrected chi connectivity index (χ2v) is 13.7. The van der Waals surface area contributed by atoms with Crippen LogP contribution in [0, 0.1) is 11.7 Å². The van der Waals surface area contributed by atoms with Gasteiger partial charge in [-0.15, -0.1) is 0 Å². The number of β-lactam (4-membered cyclic amide) rings is 1. The Morgan fingerprint density at radius 2 is 1.45 bits per heavy atom. The van der Waals surface area contributed by atoms with Crippen LogP contribution in [0.25, 0.3) is 11.1 Å². The van der Waals surface area contributed by atoms with E-state index < -0.39 is 64.4 Å². The molecule has 8 unspecified atom stereocenters. The number of methoxy groups -OCH3 is 1. The van der Waals surface area contributed by atoms with Crippen molar-refractivity contribution in [1.82, 2.24) is 0 Å². The van der Waals surface area contributed by atoms with Gasteiger partial charge in [-0.05, 0) is 65.1 Å². The van der Waals surface area contributed by atoms with Crippen molar-refractivity contribution in [3.8, 4) is 16.9 Å². The second kappa shape index (κ2) is 14.3. The first kappa shape index (κ1) is 34.6. The van der Waals surface area contributed by atoms with Crippen LogP contribution >= 0.6 is 0 Å². The third-order valence-electron chi connectivity index (χ3n) is 8.91. The summed E-state index contributed by atoms with van der Waals surface area (Å²) in [5, 5.41) is 41.1. The molecule has 0 saturated carbocycles. The Morgan fingerprint density at radius 1 is 0.837 bits per heavy atom. The van der Waals surface area contributed by atoms with Crippen molar-refractivity contribution < 1.29 is 51.7 Å². The lowest BCUT2D eigenvalue weighted by Crippen LogP contribution is -2.59. The molecule has 4 N–H and O–H groups in total. The molecular weight excluding hydrogens is 657 g/mol. The number of ether oxygens (including phenoxy) is 2. The summed E-state index contributed by atoms with van der Waals surface area (Å²) in [5.74, 6) is -1.83. The molecule has 13 heteroatoms. The molecule has 6 rings (SSSR count). The normalized spacial score (nSPS) is 26.2. The Morgan fingerprint density at radius 3 is 2.06 bits per heavy atom. The van der Waals surface area contributed by atoms with Gasteiger partial charge >= 0.3 is 10.1 Å². The summed E-state index contributed by atoms with van der Waals surface area (Å²) in [6, 6.07) is 28.4. The summed E-state index contributed by atoms with van der Waals surface area (Å²) in [5.41, 5.74) is 3.69. The van der Waals surface area contributed by atoms with Crippen molar-refractivity contribution in [1.29, 1.82) is 0 Å². The maximum Gasteiger partial charge on any atom is 0.311 e. The van der Waals surface area contributed by atoms with Crippen LogP contribution in [0.3, 0.4) is 0 Å². The molecule has 258 valence electrons. The largest absolute Gasteiger partial charge is 0.388 e. The van der Waals surface area contributed by atoms with Crippen LogP contribution in [-0.4, -0.2) is 78.3 Å². The van der Waals surface area contributed by atoms with E-state index in [4.69, 9.17) is 13.7 Å². The zero-order valence-corrected chi connectivity index (χ0v) is 27.1. The number of nitrogens with zero attached hydrogens (tertiary/aromatic N) is 1. The number of rotatable bonds is 11. The number of carbonyl (C=O) groups excluding carboxylic acids is 1. The lowest BCUT2D eigenvalue weighted by atomic mass is 9.77. The van der Waals surface area contributed by atoms with Crippen molar-refractivity contribution in [2.24, 2.45) is 5.92 Å². The van der Waals surface area contributed by atoms with Gasteiger partial charge in [0.25, 0.3) is 0 Å². The van der Waals surface area contributed by atoms with Crippen molar-refractivity contribution in [2.45, 2.75) is 49.3 Å². The lowest BCUT2D eigenvalue weighted by molar-refractivity contribution is -0.285. The molecule has 0 aromatic heterocycles. The van der Waals surface area contributed by atoms with Gasteiger partial charge in [-0.1, -0.05) is 66.7 Å². The summed E-state index contributed by atoms with van der Waals surface area (Å²) >= 11 is 0. The fraction of sp³-hybridized carbons (Fsp3) is 0.306. The summed E-state index contributed by atoms with van der Waals surface area (Å²) in [6.07, 6.45) is -8.43. The number of benzene rings is 4. The molecule has 4 aromatic rings.